The molecule has 2 aromatic carbocycles. The Hall–Kier alpha value is -2.54. The fraction of sp³-hybridized carbons (Fsp3) is 0.263. The number of carbonyl (C=O) groups excluding carboxylic acids is 2. The van der Waals surface area contributed by atoms with Gasteiger partial charge in [0.15, 0.2) is 17.5 Å². The van der Waals surface area contributed by atoms with Gasteiger partial charge in [-0.1, -0.05) is 17.7 Å². The number of rotatable bonds is 3. The molecule has 1 fully saturated rings. The lowest BCUT2D eigenvalue weighted by Crippen LogP contribution is -2.46. The number of hydrogen-bond acceptors (Lipinski definition) is 2. The molecule has 0 atom stereocenters. The van der Waals surface area contributed by atoms with Gasteiger partial charge >= 0.3 is 0 Å². The van der Waals surface area contributed by atoms with Crippen molar-refractivity contribution < 1.29 is 22.8 Å². The summed E-state index contributed by atoms with van der Waals surface area (Å²) in [6, 6.07) is 8.05. The van der Waals surface area contributed by atoms with E-state index in [2.05, 4.69) is 5.32 Å². The monoisotopic (exact) mass is 396 g/mol. The zero-order valence-corrected chi connectivity index (χ0v) is 14.9. The maximum absolute atomic E-state index is 13.8. The van der Waals surface area contributed by atoms with Gasteiger partial charge in [-0.25, -0.2) is 13.2 Å². The lowest BCUT2D eigenvalue weighted by atomic mass is 10.0. The normalized spacial score (nSPS) is 14.9. The Morgan fingerprint density at radius 2 is 1.74 bits per heavy atom. The molecule has 0 bridgehead atoms. The van der Waals surface area contributed by atoms with Crippen LogP contribution in [0.3, 0.4) is 0 Å². The Kier molecular flexibility index (Phi) is 5.70. The summed E-state index contributed by atoms with van der Waals surface area (Å²) < 4.78 is 40.2. The van der Waals surface area contributed by atoms with Gasteiger partial charge in [-0.15, -0.1) is 0 Å². The molecule has 27 heavy (non-hydrogen) atoms. The van der Waals surface area contributed by atoms with E-state index >= 15 is 0 Å². The number of nitrogens with zero attached hydrogens (tertiary/aromatic N) is 1. The fourth-order valence-electron chi connectivity index (χ4n) is 2.99. The van der Waals surface area contributed by atoms with Crippen molar-refractivity contribution in [3.05, 3.63) is 70.0 Å². The number of nitrogens with one attached hydrogen (secondary N) is 1. The van der Waals surface area contributed by atoms with Crippen molar-refractivity contribution in [1.82, 2.24) is 10.2 Å². The van der Waals surface area contributed by atoms with Crippen LogP contribution in [-0.2, 0) is 0 Å². The minimum Gasteiger partial charge on any atom is -0.349 e. The molecule has 0 unspecified atom stereocenters. The Morgan fingerprint density at radius 3 is 2.41 bits per heavy atom. The Labute approximate surface area is 158 Å². The van der Waals surface area contributed by atoms with Crippen LogP contribution in [0, 0.1) is 17.5 Å². The predicted molar refractivity (Wildman–Crippen MR) is 94.2 cm³/mol. The van der Waals surface area contributed by atoms with Crippen LogP contribution in [0.2, 0.25) is 5.02 Å². The summed E-state index contributed by atoms with van der Waals surface area (Å²) in [7, 11) is 0. The van der Waals surface area contributed by atoms with E-state index < -0.39 is 28.9 Å². The summed E-state index contributed by atoms with van der Waals surface area (Å²) in [6.45, 7) is 0.523. The first-order valence-corrected chi connectivity index (χ1v) is 8.74. The van der Waals surface area contributed by atoms with Gasteiger partial charge < -0.3 is 10.2 Å². The second kappa shape index (κ2) is 8.00. The molecule has 8 heteroatoms. The molecular formula is C19H16ClF3N2O2. The number of hydrogen-bond donors (Lipinski definition) is 1. The maximum atomic E-state index is 13.8. The summed E-state index contributed by atoms with van der Waals surface area (Å²) in [5.74, 6) is -5.47. The molecule has 1 saturated heterocycles. The van der Waals surface area contributed by atoms with E-state index in [1.165, 1.54) is 4.90 Å². The predicted octanol–water partition coefficient (Wildman–Crippen LogP) is 3.79. The third-order valence-electron chi connectivity index (χ3n) is 4.47. The highest BCUT2D eigenvalue weighted by atomic mass is 35.5. The molecule has 0 aromatic heterocycles. The van der Waals surface area contributed by atoms with Crippen molar-refractivity contribution in [2.24, 2.45) is 0 Å². The first kappa shape index (κ1) is 19.2. The SMILES string of the molecule is O=C(NC1CCN(C(=O)c2ccc(F)c(F)c2F)CC1)c1cccc(Cl)c1. The molecule has 0 aliphatic carbocycles. The molecular weight excluding hydrogens is 381 g/mol. The number of piperidine rings is 1. The highest BCUT2D eigenvalue weighted by molar-refractivity contribution is 6.30. The van der Waals surface area contributed by atoms with E-state index in [-0.39, 0.29) is 25.0 Å². The molecule has 2 amide bonds. The standard InChI is InChI=1S/C19H16ClF3N2O2/c20-12-3-1-2-11(10-12)18(26)24-13-6-8-25(9-7-13)19(27)14-4-5-15(21)17(23)16(14)22/h1-5,10,13H,6-9H2,(H,24,26). The van der Waals surface area contributed by atoms with Crippen LogP contribution in [0.25, 0.3) is 0 Å². The Bertz CT molecular complexity index is 883. The van der Waals surface area contributed by atoms with Crippen LogP contribution in [0.15, 0.2) is 36.4 Å². The molecule has 1 aliphatic heterocycles. The topological polar surface area (TPSA) is 49.4 Å². The van der Waals surface area contributed by atoms with Crippen LogP contribution in [0.4, 0.5) is 13.2 Å². The number of halogens is 4. The van der Waals surface area contributed by atoms with Gasteiger partial charge in [0.05, 0.1) is 5.56 Å². The smallest absolute Gasteiger partial charge is 0.256 e. The molecule has 2 aromatic rings. The molecule has 1 heterocycles. The van der Waals surface area contributed by atoms with Crippen molar-refractivity contribution in [3.8, 4) is 0 Å². The van der Waals surface area contributed by atoms with E-state index in [1.807, 2.05) is 0 Å². The highest BCUT2D eigenvalue weighted by Gasteiger charge is 2.28. The molecule has 1 aliphatic rings. The summed E-state index contributed by atoms with van der Waals surface area (Å²) in [6.07, 6.45) is 0.923. The largest absolute Gasteiger partial charge is 0.349 e. The number of benzene rings is 2. The van der Waals surface area contributed by atoms with Gasteiger partial charge in [0.25, 0.3) is 11.8 Å². The first-order chi connectivity index (χ1) is 12.9. The third-order valence-corrected chi connectivity index (χ3v) is 4.70. The van der Waals surface area contributed by atoms with Crippen LogP contribution in [0.1, 0.15) is 33.6 Å². The summed E-state index contributed by atoms with van der Waals surface area (Å²) in [4.78, 5) is 26.0. The fourth-order valence-corrected chi connectivity index (χ4v) is 3.18. The van der Waals surface area contributed by atoms with Crippen molar-refractivity contribution >= 4 is 23.4 Å². The molecule has 1 N–H and O–H groups in total. The lowest BCUT2D eigenvalue weighted by Gasteiger charge is -2.32. The van der Waals surface area contributed by atoms with Crippen molar-refractivity contribution in [2.45, 2.75) is 18.9 Å². The number of amides is 2. The number of likely N-dealkylation sites (tertiary alicyclic amines) is 1. The van der Waals surface area contributed by atoms with Gasteiger partial charge in [0.1, 0.15) is 0 Å². The second-order valence-corrected chi connectivity index (χ2v) is 6.71. The minimum atomic E-state index is -1.66. The molecule has 142 valence electrons. The van der Waals surface area contributed by atoms with Crippen LogP contribution >= 0.6 is 11.6 Å². The zero-order chi connectivity index (χ0) is 19.6. The number of carbonyl (C=O) groups is 2. The van der Waals surface area contributed by atoms with Crippen LogP contribution in [0.5, 0.6) is 0 Å². The molecule has 0 radical (unpaired) electrons. The second-order valence-electron chi connectivity index (χ2n) is 6.27. The van der Waals surface area contributed by atoms with Gasteiger partial charge in [-0.3, -0.25) is 9.59 Å². The van der Waals surface area contributed by atoms with Crippen molar-refractivity contribution in [1.29, 1.82) is 0 Å². The van der Waals surface area contributed by atoms with E-state index in [1.54, 1.807) is 24.3 Å². The summed E-state index contributed by atoms with van der Waals surface area (Å²) in [5, 5.41) is 3.33. The molecule has 4 nitrogen and oxygen atoms in total. The third kappa shape index (κ3) is 4.24. The first-order valence-electron chi connectivity index (χ1n) is 8.36. The maximum Gasteiger partial charge on any atom is 0.256 e. The van der Waals surface area contributed by atoms with Gasteiger partial charge in [0.2, 0.25) is 0 Å². The average Bonchev–Trinajstić information content (AvgIpc) is 2.66. The Balaban J connectivity index is 1.59. The van der Waals surface area contributed by atoms with Gasteiger partial charge in [-0.05, 0) is 43.2 Å². The van der Waals surface area contributed by atoms with Gasteiger partial charge in [-0.2, -0.15) is 0 Å². The molecule has 0 spiro atoms. The van der Waals surface area contributed by atoms with Crippen molar-refractivity contribution in [3.63, 3.8) is 0 Å². The van der Waals surface area contributed by atoms with E-state index in [4.69, 9.17) is 11.6 Å². The summed E-state index contributed by atoms with van der Waals surface area (Å²) >= 11 is 5.87. The van der Waals surface area contributed by atoms with E-state index in [0.717, 1.165) is 12.1 Å². The summed E-state index contributed by atoms with van der Waals surface area (Å²) in [5.41, 5.74) is -0.0693. The van der Waals surface area contributed by atoms with Crippen LogP contribution in [-0.4, -0.2) is 35.8 Å². The van der Waals surface area contributed by atoms with E-state index in [9.17, 15) is 22.8 Å². The van der Waals surface area contributed by atoms with Gasteiger partial charge in [0, 0.05) is 29.7 Å². The minimum absolute atomic E-state index is 0.157. The molecule has 0 saturated carbocycles. The Morgan fingerprint density at radius 1 is 1.04 bits per heavy atom. The average molecular weight is 397 g/mol. The quantitative estimate of drug-likeness (QED) is 0.802. The lowest BCUT2D eigenvalue weighted by molar-refractivity contribution is 0.0692. The van der Waals surface area contributed by atoms with Crippen molar-refractivity contribution in [2.75, 3.05) is 13.1 Å². The van der Waals surface area contributed by atoms with Crippen LogP contribution < -0.4 is 5.32 Å². The van der Waals surface area contributed by atoms with E-state index in [0.29, 0.717) is 23.4 Å². The molecule has 3 rings (SSSR count). The zero-order valence-electron chi connectivity index (χ0n) is 14.1. The highest BCUT2D eigenvalue weighted by Crippen LogP contribution is 2.20.